The molecule has 0 aromatic carbocycles. The van der Waals surface area contributed by atoms with E-state index in [1.807, 2.05) is 13.8 Å². The van der Waals surface area contributed by atoms with Gasteiger partial charge in [0.1, 0.15) is 5.82 Å². The van der Waals surface area contributed by atoms with E-state index in [4.69, 9.17) is 4.74 Å². The Bertz CT molecular complexity index is 701. The molecule has 134 valence electrons. The fourth-order valence-electron chi connectivity index (χ4n) is 2.19. The minimum Gasteiger partial charge on any atom is -0.460 e. The molecule has 0 aliphatic rings. The fraction of sp³-hybridized carbons (Fsp3) is 0.438. The van der Waals surface area contributed by atoms with Crippen LogP contribution in [0.4, 0.5) is 10.5 Å². The molecule has 0 aliphatic carbocycles. The lowest BCUT2D eigenvalue weighted by Crippen LogP contribution is -2.34. The first-order chi connectivity index (χ1) is 12.0. The molecule has 0 spiro atoms. The van der Waals surface area contributed by atoms with Crippen LogP contribution in [0.25, 0.3) is 0 Å². The quantitative estimate of drug-likeness (QED) is 0.661. The molecule has 2 amide bonds. The van der Waals surface area contributed by atoms with Crippen LogP contribution in [0, 0.1) is 5.92 Å². The molecule has 2 heterocycles. The average Bonchev–Trinajstić information content (AvgIpc) is 3.05. The number of carbonyl (C=O) groups excluding carboxylic acids is 2. The number of esters is 1. The van der Waals surface area contributed by atoms with Crippen LogP contribution in [0.15, 0.2) is 24.5 Å². The minimum atomic E-state index is -0.604. The summed E-state index contributed by atoms with van der Waals surface area (Å²) in [4.78, 5) is 32.0. The van der Waals surface area contributed by atoms with Gasteiger partial charge in [-0.2, -0.15) is 0 Å². The maximum absolute atomic E-state index is 12.2. The van der Waals surface area contributed by atoms with E-state index < -0.39 is 18.0 Å². The van der Waals surface area contributed by atoms with E-state index in [0.29, 0.717) is 23.9 Å². The molecule has 0 saturated carbocycles. The van der Waals surface area contributed by atoms with Crippen LogP contribution in [-0.4, -0.2) is 38.8 Å². The van der Waals surface area contributed by atoms with Gasteiger partial charge < -0.3 is 15.4 Å². The second kappa shape index (κ2) is 8.76. The number of anilines is 1. The molecular weight excluding hydrogens is 324 g/mol. The van der Waals surface area contributed by atoms with E-state index in [9.17, 15) is 9.59 Å². The van der Waals surface area contributed by atoms with Gasteiger partial charge in [0.05, 0.1) is 24.5 Å². The highest BCUT2D eigenvalue weighted by Crippen LogP contribution is 2.18. The number of rotatable bonds is 7. The maximum atomic E-state index is 12.2. The lowest BCUT2D eigenvalue weighted by atomic mass is 10.0. The largest absolute Gasteiger partial charge is 0.460 e. The number of nitrogens with one attached hydrogen (secondary N) is 3. The van der Waals surface area contributed by atoms with Gasteiger partial charge in [-0.1, -0.05) is 13.8 Å². The molecule has 9 nitrogen and oxygen atoms in total. The Kier molecular flexibility index (Phi) is 6.44. The zero-order valence-electron chi connectivity index (χ0n) is 14.4. The van der Waals surface area contributed by atoms with Crippen molar-refractivity contribution in [2.75, 3.05) is 11.9 Å². The van der Waals surface area contributed by atoms with Gasteiger partial charge in [-0.25, -0.2) is 14.6 Å². The monoisotopic (exact) mass is 346 g/mol. The number of aromatic nitrogens is 4. The van der Waals surface area contributed by atoms with Crippen molar-refractivity contribution in [3.05, 3.63) is 36.2 Å². The third-order valence-corrected chi connectivity index (χ3v) is 3.22. The molecule has 0 saturated heterocycles. The Labute approximate surface area is 145 Å². The van der Waals surface area contributed by atoms with E-state index in [2.05, 4.69) is 30.8 Å². The summed E-state index contributed by atoms with van der Waals surface area (Å²) in [6.45, 7) is 5.99. The van der Waals surface area contributed by atoms with Crippen LogP contribution >= 0.6 is 0 Å². The zero-order valence-corrected chi connectivity index (χ0v) is 14.4. The van der Waals surface area contributed by atoms with Crippen molar-refractivity contribution in [1.29, 1.82) is 0 Å². The normalized spacial score (nSPS) is 11.8. The number of carbonyl (C=O) groups is 2. The third kappa shape index (κ3) is 5.55. The molecule has 3 N–H and O–H groups in total. The number of pyridine rings is 1. The molecule has 1 atom stereocenters. The highest BCUT2D eigenvalue weighted by Gasteiger charge is 2.22. The van der Waals surface area contributed by atoms with Gasteiger partial charge >= 0.3 is 12.0 Å². The Morgan fingerprint density at radius 2 is 2.16 bits per heavy atom. The molecule has 2 aromatic heterocycles. The SMILES string of the molecule is CCOC(=O)c1n[nH]c([C@H](CC(C)C)NC(=O)Nc2cccnc2)n1. The van der Waals surface area contributed by atoms with Crippen molar-refractivity contribution in [1.82, 2.24) is 25.5 Å². The number of urea groups is 1. The lowest BCUT2D eigenvalue weighted by Gasteiger charge is -2.18. The highest BCUT2D eigenvalue weighted by molar-refractivity contribution is 5.89. The Balaban J connectivity index is 2.08. The number of hydrogen-bond acceptors (Lipinski definition) is 6. The molecule has 9 heteroatoms. The van der Waals surface area contributed by atoms with Crippen molar-refractivity contribution in [3.63, 3.8) is 0 Å². The first-order valence-electron chi connectivity index (χ1n) is 8.06. The maximum Gasteiger partial charge on any atom is 0.378 e. The van der Waals surface area contributed by atoms with Gasteiger partial charge in [0.15, 0.2) is 0 Å². The zero-order chi connectivity index (χ0) is 18.2. The second-order valence-electron chi connectivity index (χ2n) is 5.79. The summed E-state index contributed by atoms with van der Waals surface area (Å²) in [7, 11) is 0. The van der Waals surface area contributed by atoms with Crippen LogP contribution in [0.3, 0.4) is 0 Å². The van der Waals surface area contributed by atoms with E-state index in [1.165, 1.54) is 0 Å². The van der Waals surface area contributed by atoms with E-state index >= 15 is 0 Å². The summed E-state index contributed by atoms with van der Waals surface area (Å²) in [5, 5.41) is 12.1. The molecule has 25 heavy (non-hydrogen) atoms. The average molecular weight is 346 g/mol. The fourth-order valence-corrected chi connectivity index (χ4v) is 2.19. The van der Waals surface area contributed by atoms with Gasteiger partial charge in [0.25, 0.3) is 5.82 Å². The topological polar surface area (TPSA) is 122 Å². The van der Waals surface area contributed by atoms with Crippen LogP contribution in [0.5, 0.6) is 0 Å². The number of amides is 2. The van der Waals surface area contributed by atoms with Gasteiger partial charge in [-0.05, 0) is 31.4 Å². The van der Waals surface area contributed by atoms with Crippen molar-refractivity contribution < 1.29 is 14.3 Å². The molecule has 0 unspecified atom stereocenters. The molecule has 0 radical (unpaired) electrons. The standard InChI is InChI=1S/C16H22N6O3/c1-4-25-15(23)14-20-13(21-22-14)12(8-10(2)3)19-16(24)18-11-6-5-7-17-9-11/h5-7,9-10,12H,4,8H2,1-3H3,(H2,18,19,24)(H,20,21,22)/t12-/m0/s1. The van der Waals surface area contributed by atoms with Crippen LogP contribution in [0.1, 0.15) is 49.7 Å². The number of H-pyrrole nitrogens is 1. The highest BCUT2D eigenvalue weighted by atomic mass is 16.5. The van der Waals surface area contributed by atoms with Crippen LogP contribution < -0.4 is 10.6 Å². The van der Waals surface area contributed by atoms with Crippen molar-refractivity contribution in [3.8, 4) is 0 Å². The summed E-state index contributed by atoms with van der Waals surface area (Å²) in [6.07, 6.45) is 3.79. The van der Waals surface area contributed by atoms with Gasteiger partial charge in [0, 0.05) is 6.20 Å². The van der Waals surface area contributed by atoms with Crippen LogP contribution in [0.2, 0.25) is 0 Å². The lowest BCUT2D eigenvalue weighted by molar-refractivity contribution is 0.0512. The van der Waals surface area contributed by atoms with Crippen molar-refractivity contribution in [2.24, 2.45) is 5.92 Å². The predicted molar refractivity (Wildman–Crippen MR) is 90.9 cm³/mol. The molecule has 0 fully saturated rings. The molecular formula is C16H22N6O3. The predicted octanol–water partition coefficient (Wildman–Crippen LogP) is 2.29. The molecule has 2 rings (SSSR count). The first-order valence-corrected chi connectivity index (χ1v) is 8.06. The van der Waals surface area contributed by atoms with Crippen molar-refractivity contribution >= 4 is 17.7 Å². The van der Waals surface area contributed by atoms with E-state index in [1.54, 1.807) is 31.5 Å². The summed E-state index contributed by atoms with van der Waals surface area (Å²) in [5.41, 5.74) is 0.577. The Hall–Kier alpha value is -2.97. The minimum absolute atomic E-state index is 0.0555. The van der Waals surface area contributed by atoms with E-state index in [0.717, 1.165) is 0 Å². The van der Waals surface area contributed by atoms with Crippen molar-refractivity contribution in [2.45, 2.75) is 33.2 Å². The summed E-state index contributed by atoms with van der Waals surface area (Å²) in [6, 6.07) is 2.64. The second-order valence-corrected chi connectivity index (χ2v) is 5.79. The molecule has 0 aliphatic heterocycles. The van der Waals surface area contributed by atoms with Gasteiger partial charge in [0.2, 0.25) is 0 Å². The van der Waals surface area contributed by atoms with Crippen LogP contribution in [-0.2, 0) is 4.74 Å². The number of hydrogen-bond donors (Lipinski definition) is 3. The Morgan fingerprint density at radius 1 is 1.36 bits per heavy atom. The van der Waals surface area contributed by atoms with Gasteiger partial charge in [-0.3, -0.25) is 10.1 Å². The summed E-state index contributed by atoms with van der Waals surface area (Å²) < 4.78 is 4.87. The molecule has 2 aromatic rings. The Morgan fingerprint density at radius 3 is 2.80 bits per heavy atom. The first kappa shape index (κ1) is 18.4. The molecule has 0 bridgehead atoms. The van der Waals surface area contributed by atoms with Gasteiger partial charge in [-0.15, -0.1) is 5.10 Å². The smallest absolute Gasteiger partial charge is 0.378 e. The van der Waals surface area contributed by atoms with E-state index in [-0.39, 0.29) is 12.4 Å². The summed E-state index contributed by atoms with van der Waals surface area (Å²) >= 11 is 0. The number of ether oxygens (including phenoxy) is 1. The summed E-state index contributed by atoms with van der Waals surface area (Å²) in [5.74, 6) is 0.0334. The number of aromatic amines is 1. The number of nitrogens with zero attached hydrogens (tertiary/aromatic N) is 3. The third-order valence-electron chi connectivity index (χ3n) is 3.22.